The van der Waals surface area contributed by atoms with Crippen LogP contribution >= 0.6 is 15.9 Å². The van der Waals surface area contributed by atoms with Crippen LogP contribution < -0.4 is 14.8 Å². The lowest BCUT2D eigenvalue weighted by Gasteiger charge is -2.13. The standard InChI is InChI=1S/C18H16BrN3O4/c1-25-13-5-3-11(17(8-13)26-2)9-21-18-14-6-4-12(19)7-15(14)20-10-16(18)22(23)24/h3-8,10H,9H2,1-2H3,(H,20,21). The second kappa shape index (κ2) is 7.57. The highest BCUT2D eigenvalue weighted by atomic mass is 79.9. The van der Waals surface area contributed by atoms with Crippen molar-refractivity contribution in [3.63, 3.8) is 0 Å². The smallest absolute Gasteiger partial charge is 0.311 e. The molecule has 0 saturated carbocycles. The zero-order chi connectivity index (χ0) is 18.7. The highest BCUT2D eigenvalue weighted by Crippen LogP contribution is 2.34. The number of pyridine rings is 1. The van der Waals surface area contributed by atoms with E-state index >= 15 is 0 Å². The van der Waals surface area contributed by atoms with Gasteiger partial charge in [0, 0.05) is 28.0 Å². The molecule has 0 fully saturated rings. The van der Waals surface area contributed by atoms with Crippen molar-refractivity contribution < 1.29 is 14.4 Å². The minimum Gasteiger partial charge on any atom is -0.497 e. The van der Waals surface area contributed by atoms with Crippen LogP contribution in [-0.2, 0) is 6.54 Å². The molecule has 0 aliphatic carbocycles. The van der Waals surface area contributed by atoms with Crippen LogP contribution in [0.2, 0.25) is 0 Å². The number of methoxy groups -OCH3 is 2. The molecule has 0 saturated heterocycles. The van der Waals surface area contributed by atoms with Crippen molar-refractivity contribution in [2.45, 2.75) is 6.54 Å². The summed E-state index contributed by atoms with van der Waals surface area (Å²) in [5.41, 5.74) is 1.86. The Morgan fingerprint density at radius 2 is 2.00 bits per heavy atom. The second-order valence-corrected chi connectivity index (χ2v) is 6.38. The number of nitrogens with zero attached hydrogens (tertiary/aromatic N) is 2. The molecule has 0 aliphatic heterocycles. The molecule has 0 atom stereocenters. The monoisotopic (exact) mass is 417 g/mol. The number of rotatable bonds is 6. The molecule has 3 rings (SSSR count). The number of aromatic nitrogens is 1. The Hall–Kier alpha value is -2.87. The molecule has 0 aliphatic rings. The van der Waals surface area contributed by atoms with Gasteiger partial charge in [0.25, 0.3) is 0 Å². The third-order valence-corrected chi connectivity index (χ3v) is 4.45. The summed E-state index contributed by atoms with van der Waals surface area (Å²) in [6.45, 7) is 0.350. The number of nitrogens with one attached hydrogen (secondary N) is 1. The predicted octanol–water partition coefficient (Wildman–Crippen LogP) is 4.53. The summed E-state index contributed by atoms with van der Waals surface area (Å²) in [6.07, 6.45) is 1.27. The van der Waals surface area contributed by atoms with Crippen molar-refractivity contribution in [2.75, 3.05) is 19.5 Å². The number of hydrogen-bond donors (Lipinski definition) is 1. The van der Waals surface area contributed by atoms with Crippen molar-refractivity contribution in [3.05, 3.63) is 62.7 Å². The first kappa shape index (κ1) is 17.9. The lowest BCUT2D eigenvalue weighted by Crippen LogP contribution is -2.05. The largest absolute Gasteiger partial charge is 0.497 e. The Labute approximate surface area is 158 Å². The van der Waals surface area contributed by atoms with E-state index in [1.807, 2.05) is 24.3 Å². The Bertz CT molecular complexity index is 978. The molecule has 0 unspecified atom stereocenters. The second-order valence-electron chi connectivity index (χ2n) is 5.47. The van der Waals surface area contributed by atoms with Gasteiger partial charge in [-0.15, -0.1) is 0 Å². The number of benzene rings is 2. The molecule has 2 aromatic carbocycles. The molecule has 8 heteroatoms. The summed E-state index contributed by atoms with van der Waals surface area (Å²) in [6, 6.07) is 10.9. The molecule has 0 radical (unpaired) electrons. The molecule has 26 heavy (non-hydrogen) atoms. The quantitative estimate of drug-likeness (QED) is 0.468. The van der Waals surface area contributed by atoms with Gasteiger partial charge in [-0.05, 0) is 30.3 Å². The van der Waals surface area contributed by atoms with Crippen LogP contribution in [0.3, 0.4) is 0 Å². The number of anilines is 1. The van der Waals surface area contributed by atoms with E-state index in [0.29, 0.717) is 34.6 Å². The van der Waals surface area contributed by atoms with Crippen molar-refractivity contribution in [1.29, 1.82) is 0 Å². The molecular weight excluding hydrogens is 402 g/mol. The Balaban J connectivity index is 2.00. The molecule has 3 aromatic rings. The van der Waals surface area contributed by atoms with Crippen molar-refractivity contribution in [2.24, 2.45) is 0 Å². The van der Waals surface area contributed by atoms with E-state index in [2.05, 4.69) is 26.2 Å². The highest BCUT2D eigenvalue weighted by Gasteiger charge is 2.18. The Morgan fingerprint density at radius 1 is 1.19 bits per heavy atom. The molecule has 134 valence electrons. The summed E-state index contributed by atoms with van der Waals surface area (Å²) in [7, 11) is 3.15. The molecule has 7 nitrogen and oxygen atoms in total. The molecule has 1 aromatic heterocycles. The summed E-state index contributed by atoms with van der Waals surface area (Å²) >= 11 is 3.39. The topological polar surface area (TPSA) is 86.5 Å². The zero-order valence-electron chi connectivity index (χ0n) is 14.2. The van der Waals surface area contributed by atoms with Crippen LogP contribution in [0.4, 0.5) is 11.4 Å². The minimum absolute atomic E-state index is 0.0766. The SMILES string of the molecule is COc1ccc(CNc2c([N+](=O)[O-])cnc3cc(Br)ccc23)c(OC)c1. The maximum atomic E-state index is 11.4. The Kier molecular flexibility index (Phi) is 5.22. The van der Waals surface area contributed by atoms with E-state index < -0.39 is 4.92 Å². The summed E-state index contributed by atoms with van der Waals surface area (Å²) in [5.74, 6) is 1.32. The molecule has 0 spiro atoms. The van der Waals surface area contributed by atoms with Gasteiger partial charge in [0.15, 0.2) is 0 Å². The summed E-state index contributed by atoms with van der Waals surface area (Å²) in [5, 5.41) is 15.3. The molecular formula is C18H16BrN3O4. The first-order valence-corrected chi connectivity index (χ1v) is 8.50. The maximum Gasteiger partial charge on any atom is 0.311 e. The van der Waals surface area contributed by atoms with Gasteiger partial charge < -0.3 is 14.8 Å². The third-order valence-electron chi connectivity index (χ3n) is 3.96. The predicted molar refractivity (Wildman–Crippen MR) is 103 cm³/mol. The van der Waals surface area contributed by atoms with Gasteiger partial charge in [-0.1, -0.05) is 15.9 Å². The average molecular weight is 418 g/mol. The fraction of sp³-hybridized carbons (Fsp3) is 0.167. The fourth-order valence-corrected chi connectivity index (χ4v) is 3.01. The number of hydrogen-bond acceptors (Lipinski definition) is 6. The van der Waals surface area contributed by atoms with E-state index in [9.17, 15) is 10.1 Å². The van der Waals surface area contributed by atoms with E-state index in [4.69, 9.17) is 9.47 Å². The van der Waals surface area contributed by atoms with Gasteiger partial charge in [0.1, 0.15) is 23.4 Å². The number of nitro groups is 1. The van der Waals surface area contributed by atoms with Crippen molar-refractivity contribution >= 4 is 38.2 Å². The summed E-state index contributed by atoms with van der Waals surface area (Å²) in [4.78, 5) is 15.2. The fourth-order valence-electron chi connectivity index (χ4n) is 2.66. The lowest BCUT2D eigenvalue weighted by atomic mass is 10.1. The number of ether oxygens (including phenoxy) is 2. The molecule has 1 heterocycles. The Morgan fingerprint density at radius 3 is 2.69 bits per heavy atom. The first-order valence-electron chi connectivity index (χ1n) is 7.71. The number of fused-ring (bicyclic) bond motifs is 1. The van der Waals surface area contributed by atoms with Crippen molar-refractivity contribution in [3.8, 4) is 11.5 Å². The van der Waals surface area contributed by atoms with E-state index in [1.54, 1.807) is 26.4 Å². The maximum absolute atomic E-state index is 11.4. The van der Waals surface area contributed by atoms with Crippen LogP contribution in [0.15, 0.2) is 47.1 Å². The van der Waals surface area contributed by atoms with Crippen molar-refractivity contribution in [1.82, 2.24) is 4.98 Å². The van der Waals surface area contributed by atoms with E-state index in [-0.39, 0.29) is 5.69 Å². The van der Waals surface area contributed by atoms with Gasteiger partial charge in [-0.3, -0.25) is 10.1 Å². The van der Waals surface area contributed by atoms with Gasteiger partial charge in [-0.25, -0.2) is 4.98 Å². The molecule has 1 N–H and O–H groups in total. The van der Waals surface area contributed by atoms with E-state index in [0.717, 1.165) is 10.0 Å². The number of halogens is 1. The van der Waals surface area contributed by atoms with Gasteiger partial charge in [-0.2, -0.15) is 0 Å². The third kappa shape index (κ3) is 3.55. The zero-order valence-corrected chi connectivity index (χ0v) is 15.7. The molecule has 0 bridgehead atoms. The minimum atomic E-state index is -0.442. The highest BCUT2D eigenvalue weighted by molar-refractivity contribution is 9.10. The van der Waals surface area contributed by atoms with Crippen LogP contribution in [0.5, 0.6) is 11.5 Å². The van der Waals surface area contributed by atoms with Crippen LogP contribution in [-0.4, -0.2) is 24.1 Å². The lowest BCUT2D eigenvalue weighted by molar-refractivity contribution is -0.384. The first-order chi connectivity index (χ1) is 12.5. The average Bonchev–Trinajstić information content (AvgIpc) is 2.65. The van der Waals surface area contributed by atoms with Crippen LogP contribution in [0.1, 0.15) is 5.56 Å². The van der Waals surface area contributed by atoms with Gasteiger partial charge in [0.2, 0.25) is 0 Å². The van der Waals surface area contributed by atoms with Gasteiger partial charge in [0.05, 0.1) is 24.7 Å². The molecule has 0 amide bonds. The van der Waals surface area contributed by atoms with E-state index in [1.165, 1.54) is 6.20 Å². The normalized spacial score (nSPS) is 10.6. The van der Waals surface area contributed by atoms with Gasteiger partial charge >= 0.3 is 5.69 Å². The van der Waals surface area contributed by atoms with Crippen LogP contribution in [0.25, 0.3) is 10.9 Å². The van der Waals surface area contributed by atoms with Crippen LogP contribution in [0, 0.1) is 10.1 Å². The summed E-state index contributed by atoms with van der Waals surface area (Å²) < 4.78 is 11.4.